The van der Waals surface area contributed by atoms with Crippen molar-refractivity contribution in [2.24, 2.45) is 5.92 Å². The largest absolute Gasteiger partial charge is 0.466 e. The Hall–Kier alpha value is -2.15. The summed E-state index contributed by atoms with van der Waals surface area (Å²) < 4.78 is 6.27. The van der Waals surface area contributed by atoms with Crippen molar-refractivity contribution < 1.29 is 14.3 Å². The third kappa shape index (κ3) is 4.24. The van der Waals surface area contributed by atoms with E-state index in [9.17, 15) is 9.59 Å². The number of ether oxygens (including phenoxy) is 1. The lowest BCUT2D eigenvalue weighted by atomic mass is 9.97. The number of carbonyl (C=O) groups excluding carboxylic acids is 2. The van der Waals surface area contributed by atoms with Gasteiger partial charge in [-0.05, 0) is 44.7 Å². The summed E-state index contributed by atoms with van der Waals surface area (Å²) in [4.78, 5) is 33.0. The number of carbonyl (C=O) groups is 2. The third-order valence-corrected chi connectivity index (χ3v) is 6.40. The molecule has 7 heteroatoms. The maximum absolute atomic E-state index is 12.7. The van der Waals surface area contributed by atoms with Crippen LogP contribution in [-0.4, -0.2) is 55.0 Å². The number of likely N-dealkylation sites (tertiary alicyclic amines) is 1. The highest BCUT2D eigenvalue weighted by molar-refractivity contribution is 7.22. The molecular formula is C20H27N3O3S. The number of anilines is 1. The average Bonchev–Trinajstić information content (AvgIpc) is 3.12. The van der Waals surface area contributed by atoms with Crippen molar-refractivity contribution in [2.75, 3.05) is 38.2 Å². The van der Waals surface area contributed by atoms with Crippen LogP contribution in [0, 0.1) is 19.8 Å². The molecule has 1 aliphatic rings. The highest BCUT2D eigenvalue weighted by atomic mass is 32.1. The van der Waals surface area contributed by atoms with Crippen LogP contribution >= 0.6 is 11.3 Å². The second kappa shape index (κ2) is 8.25. The van der Waals surface area contributed by atoms with Gasteiger partial charge in [0.2, 0.25) is 5.91 Å². The van der Waals surface area contributed by atoms with E-state index >= 15 is 0 Å². The van der Waals surface area contributed by atoms with Crippen LogP contribution in [0.25, 0.3) is 10.2 Å². The summed E-state index contributed by atoms with van der Waals surface area (Å²) in [6, 6.07) is 4.19. The number of amides is 1. The van der Waals surface area contributed by atoms with Gasteiger partial charge in [0, 0.05) is 20.1 Å². The molecule has 146 valence electrons. The molecule has 2 aromatic rings. The predicted octanol–water partition coefficient (Wildman–Crippen LogP) is 3.15. The van der Waals surface area contributed by atoms with E-state index in [1.807, 2.05) is 23.8 Å². The van der Waals surface area contributed by atoms with E-state index in [1.165, 1.54) is 10.3 Å². The zero-order valence-corrected chi connectivity index (χ0v) is 17.3. The summed E-state index contributed by atoms with van der Waals surface area (Å²) >= 11 is 1.63. The van der Waals surface area contributed by atoms with Crippen LogP contribution in [0.4, 0.5) is 5.13 Å². The molecule has 0 unspecified atom stereocenters. The van der Waals surface area contributed by atoms with E-state index in [0.717, 1.165) is 16.2 Å². The number of nitrogens with zero attached hydrogens (tertiary/aromatic N) is 3. The van der Waals surface area contributed by atoms with Gasteiger partial charge in [-0.2, -0.15) is 0 Å². The molecule has 1 fully saturated rings. The van der Waals surface area contributed by atoms with Crippen molar-refractivity contribution in [3.8, 4) is 0 Å². The average molecular weight is 390 g/mol. The number of aromatic nitrogens is 1. The van der Waals surface area contributed by atoms with Crippen molar-refractivity contribution in [2.45, 2.75) is 33.6 Å². The van der Waals surface area contributed by atoms with Crippen molar-refractivity contribution in [3.63, 3.8) is 0 Å². The van der Waals surface area contributed by atoms with E-state index in [0.29, 0.717) is 39.1 Å². The number of thiazole rings is 1. The fourth-order valence-corrected chi connectivity index (χ4v) is 4.48. The number of piperidine rings is 1. The van der Waals surface area contributed by atoms with Gasteiger partial charge in [0.25, 0.3) is 0 Å². The van der Waals surface area contributed by atoms with Crippen molar-refractivity contribution in [1.82, 2.24) is 9.88 Å². The van der Waals surface area contributed by atoms with Crippen LogP contribution < -0.4 is 4.90 Å². The van der Waals surface area contributed by atoms with Crippen LogP contribution in [0.3, 0.4) is 0 Å². The molecule has 2 heterocycles. The van der Waals surface area contributed by atoms with Gasteiger partial charge in [-0.1, -0.05) is 23.5 Å². The van der Waals surface area contributed by atoms with Gasteiger partial charge in [0.15, 0.2) is 5.13 Å². The lowest BCUT2D eigenvalue weighted by molar-refractivity contribution is -0.151. The molecule has 3 rings (SSSR count). The second-order valence-corrected chi connectivity index (χ2v) is 8.11. The van der Waals surface area contributed by atoms with Gasteiger partial charge in [0.05, 0.1) is 29.3 Å². The number of rotatable bonds is 5. The number of esters is 1. The summed E-state index contributed by atoms with van der Waals surface area (Å²) in [6.07, 6.45) is 1.35. The minimum absolute atomic E-state index is 0.0764. The molecule has 0 aliphatic carbocycles. The molecule has 1 aliphatic heterocycles. The fourth-order valence-electron chi connectivity index (χ4n) is 3.41. The number of benzene rings is 1. The number of fused-ring (bicyclic) bond motifs is 1. The number of aryl methyl sites for hydroxylation is 2. The minimum atomic E-state index is -0.137. The Labute approximate surface area is 164 Å². The molecule has 6 nitrogen and oxygen atoms in total. The molecule has 1 aromatic carbocycles. The number of hydrogen-bond acceptors (Lipinski definition) is 6. The molecular weight excluding hydrogens is 362 g/mol. The topological polar surface area (TPSA) is 62.7 Å². The Morgan fingerprint density at radius 2 is 1.93 bits per heavy atom. The van der Waals surface area contributed by atoms with Crippen LogP contribution in [0.1, 0.15) is 30.9 Å². The minimum Gasteiger partial charge on any atom is -0.466 e. The third-order valence-electron chi connectivity index (χ3n) is 5.10. The van der Waals surface area contributed by atoms with Gasteiger partial charge in [-0.25, -0.2) is 4.98 Å². The first-order valence-corrected chi connectivity index (χ1v) is 10.2. The Kier molecular flexibility index (Phi) is 5.99. The van der Waals surface area contributed by atoms with Crippen LogP contribution in [-0.2, 0) is 14.3 Å². The van der Waals surface area contributed by atoms with Gasteiger partial charge in [-0.3, -0.25) is 9.59 Å². The molecule has 0 bridgehead atoms. The van der Waals surface area contributed by atoms with Gasteiger partial charge in [-0.15, -0.1) is 0 Å². The molecule has 0 radical (unpaired) electrons. The first-order chi connectivity index (χ1) is 12.9. The maximum atomic E-state index is 12.7. The van der Waals surface area contributed by atoms with Crippen molar-refractivity contribution >= 4 is 38.6 Å². The molecule has 1 aromatic heterocycles. The Morgan fingerprint density at radius 1 is 1.26 bits per heavy atom. The normalized spacial score (nSPS) is 15.2. The van der Waals surface area contributed by atoms with Crippen LogP contribution in [0.5, 0.6) is 0 Å². The molecule has 0 atom stereocenters. The molecule has 0 spiro atoms. The SMILES string of the molecule is CCOC(=O)C1CCN(C(=O)CN(C)c2nc3c(C)ccc(C)c3s2)CC1. The van der Waals surface area contributed by atoms with Crippen LogP contribution in [0.15, 0.2) is 12.1 Å². The Balaban J connectivity index is 1.61. The fraction of sp³-hybridized carbons (Fsp3) is 0.550. The first-order valence-electron chi connectivity index (χ1n) is 9.43. The highest BCUT2D eigenvalue weighted by Gasteiger charge is 2.28. The zero-order valence-electron chi connectivity index (χ0n) is 16.4. The van der Waals surface area contributed by atoms with Crippen molar-refractivity contribution in [1.29, 1.82) is 0 Å². The van der Waals surface area contributed by atoms with E-state index in [-0.39, 0.29) is 17.8 Å². The Morgan fingerprint density at radius 3 is 2.56 bits per heavy atom. The monoisotopic (exact) mass is 389 g/mol. The standard InChI is InChI=1S/C20H27N3O3S/c1-5-26-19(25)15-8-10-23(11-9-15)16(24)12-22(4)20-21-17-13(2)6-7-14(3)18(17)27-20/h6-7,15H,5,8-12H2,1-4H3. The van der Waals surface area contributed by atoms with Gasteiger partial charge >= 0.3 is 5.97 Å². The molecule has 0 N–H and O–H groups in total. The first kappa shape index (κ1) is 19.6. The predicted molar refractivity (Wildman–Crippen MR) is 108 cm³/mol. The smallest absolute Gasteiger partial charge is 0.309 e. The summed E-state index contributed by atoms with van der Waals surface area (Å²) in [5.74, 6) is -0.142. The zero-order chi connectivity index (χ0) is 19.6. The lowest BCUT2D eigenvalue weighted by Gasteiger charge is -2.32. The van der Waals surface area contributed by atoms with E-state index < -0.39 is 0 Å². The molecule has 1 amide bonds. The van der Waals surface area contributed by atoms with E-state index in [1.54, 1.807) is 11.3 Å². The van der Waals surface area contributed by atoms with Gasteiger partial charge < -0.3 is 14.5 Å². The van der Waals surface area contributed by atoms with Crippen molar-refractivity contribution in [3.05, 3.63) is 23.3 Å². The maximum Gasteiger partial charge on any atom is 0.309 e. The summed E-state index contributed by atoms with van der Waals surface area (Å²) in [5, 5.41) is 0.858. The second-order valence-electron chi connectivity index (χ2n) is 7.14. The number of hydrogen-bond donors (Lipinski definition) is 0. The molecule has 1 saturated heterocycles. The quantitative estimate of drug-likeness (QED) is 0.735. The molecule has 27 heavy (non-hydrogen) atoms. The van der Waals surface area contributed by atoms with E-state index in [2.05, 4.69) is 26.0 Å². The summed E-state index contributed by atoms with van der Waals surface area (Å²) in [5.41, 5.74) is 3.38. The van der Waals surface area contributed by atoms with Gasteiger partial charge in [0.1, 0.15) is 0 Å². The lowest BCUT2D eigenvalue weighted by Crippen LogP contribution is -2.44. The van der Waals surface area contributed by atoms with Crippen LogP contribution in [0.2, 0.25) is 0 Å². The highest BCUT2D eigenvalue weighted by Crippen LogP contribution is 2.32. The molecule has 0 saturated carbocycles. The van der Waals surface area contributed by atoms with E-state index in [4.69, 9.17) is 9.72 Å². The summed E-state index contributed by atoms with van der Waals surface area (Å²) in [6.45, 7) is 7.87. The Bertz CT molecular complexity index is 801. The number of likely N-dealkylation sites (N-methyl/N-ethyl adjacent to an activating group) is 1. The summed E-state index contributed by atoms with van der Waals surface area (Å²) in [7, 11) is 1.91.